The second kappa shape index (κ2) is 6.38. The second-order valence-electron chi connectivity index (χ2n) is 4.89. The van der Waals surface area contributed by atoms with Crippen LogP contribution in [0.4, 0.5) is 5.69 Å². The van der Waals surface area contributed by atoms with Crippen LogP contribution in [0.15, 0.2) is 18.5 Å². The van der Waals surface area contributed by atoms with Crippen LogP contribution in [0.3, 0.4) is 0 Å². The Morgan fingerprint density at radius 1 is 1.39 bits per heavy atom. The highest BCUT2D eigenvalue weighted by Crippen LogP contribution is 2.23. The number of anilines is 1. The molecule has 0 radical (unpaired) electrons. The molecule has 1 aromatic rings. The number of nitrogens with zero attached hydrogens (tertiary/aromatic N) is 1. The molecule has 1 heterocycles. The molecule has 0 spiro atoms. The minimum Gasteiger partial charge on any atom is -0.387 e. The van der Waals surface area contributed by atoms with Crippen LogP contribution in [0.5, 0.6) is 0 Å². The lowest BCUT2D eigenvalue weighted by Gasteiger charge is -2.21. The maximum Gasteiger partial charge on any atom is 0.254 e. The Kier molecular flexibility index (Phi) is 4.56. The zero-order valence-electron chi connectivity index (χ0n) is 10.9. The smallest absolute Gasteiger partial charge is 0.254 e. The molecule has 0 aromatic carbocycles. The van der Waals surface area contributed by atoms with E-state index in [2.05, 4.69) is 15.6 Å². The van der Waals surface area contributed by atoms with Crippen molar-refractivity contribution in [2.45, 2.75) is 32.1 Å². The number of pyridine rings is 1. The number of nitrogens with one attached hydrogen (secondary N) is 2. The van der Waals surface area contributed by atoms with Crippen LogP contribution < -0.4 is 10.6 Å². The maximum absolute atomic E-state index is 12.1. The van der Waals surface area contributed by atoms with Crippen molar-refractivity contribution in [1.82, 2.24) is 10.3 Å². The van der Waals surface area contributed by atoms with Crippen LogP contribution in [0.2, 0.25) is 0 Å². The lowest BCUT2D eigenvalue weighted by molar-refractivity contribution is 0.0944. The van der Waals surface area contributed by atoms with Gasteiger partial charge in [-0.3, -0.25) is 9.78 Å². The zero-order chi connectivity index (χ0) is 12.8. The molecule has 0 unspecified atom stereocenters. The molecule has 2 N–H and O–H groups in total. The van der Waals surface area contributed by atoms with Crippen LogP contribution in [-0.2, 0) is 0 Å². The summed E-state index contributed by atoms with van der Waals surface area (Å²) in [4.78, 5) is 16.1. The molecule has 1 aliphatic rings. The molecule has 1 aromatic heterocycles. The van der Waals surface area contributed by atoms with Gasteiger partial charge in [-0.05, 0) is 24.8 Å². The summed E-state index contributed by atoms with van der Waals surface area (Å²) in [6.07, 6.45) is 9.73. The Hall–Kier alpha value is -1.58. The molecule has 2 rings (SSSR count). The lowest BCUT2D eigenvalue weighted by atomic mass is 9.89. The van der Waals surface area contributed by atoms with Crippen LogP contribution in [0.25, 0.3) is 0 Å². The summed E-state index contributed by atoms with van der Waals surface area (Å²) in [5.41, 5.74) is 1.45. The van der Waals surface area contributed by atoms with Gasteiger partial charge in [-0.2, -0.15) is 0 Å². The van der Waals surface area contributed by atoms with E-state index in [4.69, 9.17) is 0 Å². The molecule has 0 aliphatic heterocycles. The van der Waals surface area contributed by atoms with Crippen molar-refractivity contribution in [3.8, 4) is 0 Å². The van der Waals surface area contributed by atoms with E-state index >= 15 is 0 Å². The topological polar surface area (TPSA) is 54.0 Å². The molecular formula is C14H21N3O. The molecule has 4 nitrogen and oxygen atoms in total. The molecule has 18 heavy (non-hydrogen) atoms. The average Bonchev–Trinajstić information content (AvgIpc) is 2.45. The summed E-state index contributed by atoms with van der Waals surface area (Å²) in [6, 6.07) is 1.82. The Balaban J connectivity index is 1.90. The van der Waals surface area contributed by atoms with Gasteiger partial charge < -0.3 is 10.6 Å². The highest BCUT2D eigenvalue weighted by Gasteiger charge is 2.16. The first kappa shape index (κ1) is 12.9. The zero-order valence-corrected chi connectivity index (χ0v) is 10.9. The van der Waals surface area contributed by atoms with E-state index in [1.54, 1.807) is 12.4 Å². The fourth-order valence-electron chi connectivity index (χ4n) is 2.52. The van der Waals surface area contributed by atoms with E-state index in [1.165, 1.54) is 32.1 Å². The summed E-state index contributed by atoms with van der Waals surface area (Å²) in [7, 11) is 1.81. The third-order valence-electron chi connectivity index (χ3n) is 3.61. The Morgan fingerprint density at radius 2 is 2.17 bits per heavy atom. The number of carbonyl (C=O) groups excluding carboxylic acids is 1. The van der Waals surface area contributed by atoms with Gasteiger partial charge in [0.15, 0.2) is 0 Å². The van der Waals surface area contributed by atoms with Gasteiger partial charge in [-0.25, -0.2) is 0 Å². The van der Waals surface area contributed by atoms with Crippen molar-refractivity contribution in [3.05, 3.63) is 24.0 Å². The number of aromatic nitrogens is 1. The van der Waals surface area contributed by atoms with Crippen LogP contribution in [0, 0.1) is 5.92 Å². The number of hydrogen-bond donors (Lipinski definition) is 2. The summed E-state index contributed by atoms with van der Waals surface area (Å²) >= 11 is 0. The van der Waals surface area contributed by atoms with Gasteiger partial charge >= 0.3 is 0 Å². The fraction of sp³-hybridized carbons (Fsp3) is 0.571. The van der Waals surface area contributed by atoms with Crippen molar-refractivity contribution < 1.29 is 4.79 Å². The van der Waals surface area contributed by atoms with Gasteiger partial charge in [0, 0.05) is 31.7 Å². The fourth-order valence-corrected chi connectivity index (χ4v) is 2.52. The second-order valence-corrected chi connectivity index (χ2v) is 4.89. The van der Waals surface area contributed by atoms with Crippen molar-refractivity contribution in [1.29, 1.82) is 0 Å². The molecule has 0 bridgehead atoms. The predicted molar refractivity (Wildman–Crippen MR) is 72.7 cm³/mol. The molecule has 0 saturated heterocycles. The number of amides is 1. The molecule has 0 atom stereocenters. The SMILES string of the molecule is CNc1ccncc1C(=O)NCC1CCCCC1. The maximum atomic E-state index is 12.1. The van der Waals surface area contributed by atoms with E-state index in [0.29, 0.717) is 11.5 Å². The van der Waals surface area contributed by atoms with E-state index in [1.807, 2.05) is 13.1 Å². The predicted octanol–water partition coefficient (Wildman–Crippen LogP) is 2.43. The third kappa shape index (κ3) is 3.22. The summed E-state index contributed by atoms with van der Waals surface area (Å²) in [5, 5.41) is 6.04. The van der Waals surface area contributed by atoms with Gasteiger partial charge in [-0.1, -0.05) is 19.3 Å². The molecule has 1 amide bonds. The summed E-state index contributed by atoms with van der Waals surface area (Å²) < 4.78 is 0. The van der Waals surface area contributed by atoms with E-state index in [9.17, 15) is 4.79 Å². The number of hydrogen-bond acceptors (Lipinski definition) is 3. The summed E-state index contributed by atoms with van der Waals surface area (Å²) in [6.45, 7) is 0.789. The first-order valence-electron chi connectivity index (χ1n) is 6.71. The quantitative estimate of drug-likeness (QED) is 0.859. The van der Waals surface area contributed by atoms with E-state index in [-0.39, 0.29) is 5.91 Å². The standard InChI is InChI=1S/C14H21N3O/c1-15-13-7-8-16-10-12(13)14(18)17-9-11-5-3-2-4-6-11/h7-8,10-11H,2-6,9H2,1H3,(H,15,16)(H,17,18). The Bertz CT molecular complexity index is 400. The van der Waals surface area contributed by atoms with E-state index in [0.717, 1.165) is 12.2 Å². The molecule has 98 valence electrons. The van der Waals surface area contributed by atoms with Gasteiger partial charge in [0.05, 0.1) is 5.56 Å². The van der Waals surface area contributed by atoms with Gasteiger partial charge in [-0.15, -0.1) is 0 Å². The van der Waals surface area contributed by atoms with Crippen molar-refractivity contribution in [3.63, 3.8) is 0 Å². The molecular weight excluding hydrogens is 226 g/mol. The van der Waals surface area contributed by atoms with Gasteiger partial charge in [0.1, 0.15) is 0 Å². The largest absolute Gasteiger partial charge is 0.387 e. The number of carbonyl (C=O) groups is 1. The Morgan fingerprint density at radius 3 is 2.89 bits per heavy atom. The summed E-state index contributed by atoms with van der Waals surface area (Å²) in [5.74, 6) is 0.621. The lowest BCUT2D eigenvalue weighted by Crippen LogP contribution is -2.30. The third-order valence-corrected chi connectivity index (χ3v) is 3.61. The van der Waals surface area contributed by atoms with Crippen LogP contribution >= 0.6 is 0 Å². The van der Waals surface area contributed by atoms with Crippen molar-refractivity contribution >= 4 is 11.6 Å². The highest BCUT2D eigenvalue weighted by molar-refractivity contribution is 5.99. The van der Waals surface area contributed by atoms with Crippen molar-refractivity contribution in [2.24, 2.45) is 5.92 Å². The minimum absolute atomic E-state index is 0.0296. The minimum atomic E-state index is -0.0296. The highest BCUT2D eigenvalue weighted by atomic mass is 16.1. The van der Waals surface area contributed by atoms with Gasteiger partial charge in [0.25, 0.3) is 5.91 Å². The first-order chi connectivity index (χ1) is 8.81. The average molecular weight is 247 g/mol. The molecule has 1 saturated carbocycles. The van der Waals surface area contributed by atoms with Crippen LogP contribution in [-0.4, -0.2) is 24.5 Å². The molecule has 1 aliphatic carbocycles. The Labute approximate surface area is 108 Å². The number of rotatable bonds is 4. The molecule has 4 heteroatoms. The normalized spacial score (nSPS) is 16.3. The first-order valence-corrected chi connectivity index (χ1v) is 6.71. The molecule has 1 fully saturated rings. The van der Waals surface area contributed by atoms with Crippen molar-refractivity contribution in [2.75, 3.05) is 18.9 Å². The van der Waals surface area contributed by atoms with E-state index < -0.39 is 0 Å². The van der Waals surface area contributed by atoms with Gasteiger partial charge in [0.2, 0.25) is 0 Å². The monoisotopic (exact) mass is 247 g/mol. The van der Waals surface area contributed by atoms with Crippen LogP contribution in [0.1, 0.15) is 42.5 Å².